The highest BCUT2D eigenvalue weighted by atomic mass is 16.5. The summed E-state index contributed by atoms with van der Waals surface area (Å²) in [6.45, 7) is 7.51. The molecule has 0 amide bonds. The third-order valence-electron chi connectivity index (χ3n) is 5.00. The molecule has 3 heteroatoms. The van der Waals surface area contributed by atoms with Gasteiger partial charge in [-0.1, -0.05) is 26.0 Å². The summed E-state index contributed by atoms with van der Waals surface area (Å²) in [6, 6.07) is 7.95. The fourth-order valence-electron chi connectivity index (χ4n) is 3.33. The second kappa shape index (κ2) is 6.61. The van der Waals surface area contributed by atoms with Gasteiger partial charge in [-0.05, 0) is 48.8 Å². The number of ether oxygens (including phenoxy) is 2. The molecule has 2 atom stereocenters. The molecule has 0 aromatic heterocycles. The lowest BCUT2D eigenvalue weighted by Gasteiger charge is -2.51. The number of Topliss-reactive ketones (excluding diaryl/α,β-unsaturated/α-hetero) is 1. The first kappa shape index (κ1) is 16.0. The molecule has 3 nitrogen and oxygen atoms in total. The number of ketones is 1. The van der Waals surface area contributed by atoms with Gasteiger partial charge in [0.1, 0.15) is 11.5 Å². The van der Waals surface area contributed by atoms with Crippen LogP contribution < -0.4 is 4.74 Å². The minimum Gasteiger partial charge on any atom is -0.497 e. The first-order valence-corrected chi connectivity index (χ1v) is 7.66. The van der Waals surface area contributed by atoms with Crippen molar-refractivity contribution in [1.82, 2.24) is 0 Å². The van der Waals surface area contributed by atoms with Crippen LogP contribution in [0.25, 0.3) is 0 Å². The molecular formula is C18H26O3. The van der Waals surface area contributed by atoms with Crippen molar-refractivity contribution in [2.45, 2.75) is 40.2 Å². The van der Waals surface area contributed by atoms with E-state index >= 15 is 0 Å². The molecule has 0 saturated heterocycles. The molecule has 1 fully saturated rings. The number of hydrogen-bond donors (Lipinski definition) is 0. The molecule has 0 aliphatic heterocycles. The number of methoxy groups -OCH3 is 1. The standard InChI is InChI=1S/C18H26O3/c1-13(19)17-11-15(18(17,2)3)9-10-21-12-14-5-7-16(20-4)8-6-14/h5-8,15,17H,9-12H2,1-4H3/t15-,17-/m1/s1/i1+1. The average Bonchev–Trinajstić information content (AvgIpc) is 2.45. The van der Waals surface area contributed by atoms with Crippen molar-refractivity contribution >= 4 is 5.78 Å². The molecule has 1 saturated carbocycles. The van der Waals surface area contributed by atoms with Crippen molar-refractivity contribution < 1.29 is 14.3 Å². The SMILES string of the molecule is COc1ccc(COCC[C@@H]2C[C@H](C([13CH3])=O)C2(C)C)cc1. The largest absolute Gasteiger partial charge is 0.497 e. The second-order valence-corrected chi connectivity index (χ2v) is 6.61. The van der Waals surface area contributed by atoms with Gasteiger partial charge in [0.2, 0.25) is 0 Å². The van der Waals surface area contributed by atoms with Crippen LogP contribution >= 0.6 is 0 Å². The Morgan fingerprint density at radius 1 is 1.29 bits per heavy atom. The number of carbonyl (C=O) groups is 1. The molecule has 116 valence electrons. The van der Waals surface area contributed by atoms with Crippen molar-refractivity contribution in [3.8, 4) is 5.75 Å². The van der Waals surface area contributed by atoms with Gasteiger partial charge in [-0.2, -0.15) is 0 Å². The molecule has 2 rings (SSSR count). The Morgan fingerprint density at radius 2 is 1.95 bits per heavy atom. The minimum atomic E-state index is 0.134. The molecule has 0 bridgehead atoms. The maximum absolute atomic E-state index is 11.5. The summed E-state index contributed by atoms with van der Waals surface area (Å²) in [5.41, 5.74) is 1.29. The summed E-state index contributed by atoms with van der Waals surface area (Å²) in [4.78, 5) is 11.5. The molecular weight excluding hydrogens is 265 g/mol. The van der Waals surface area contributed by atoms with Crippen LogP contribution in [0.1, 0.15) is 39.2 Å². The molecule has 21 heavy (non-hydrogen) atoms. The van der Waals surface area contributed by atoms with Crippen LogP contribution in [0.2, 0.25) is 0 Å². The van der Waals surface area contributed by atoms with Crippen molar-refractivity contribution in [3.63, 3.8) is 0 Å². The topological polar surface area (TPSA) is 35.5 Å². The van der Waals surface area contributed by atoms with Gasteiger partial charge in [-0.15, -0.1) is 0 Å². The van der Waals surface area contributed by atoms with Crippen molar-refractivity contribution in [2.24, 2.45) is 17.3 Å². The quantitative estimate of drug-likeness (QED) is 0.565. The Hall–Kier alpha value is -1.35. The van der Waals surface area contributed by atoms with Crippen molar-refractivity contribution in [3.05, 3.63) is 29.8 Å². The van der Waals surface area contributed by atoms with Crippen LogP contribution in [0.5, 0.6) is 5.75 Å². The highest BCUT2D eigenvalue weighted by Crippen LogP contribution is 2.53. The van der Waals surface area contributed by atoms with Crippen LogP contribution in [0.15, 0.2) is 24.3 Å². The van der Waals surface area contributed by atoms with Gasteiger partial charge in [-0.25, -0.2) is 0 Å². The molecule has 1 aliphatic carbocycles. The van der Waals surface area contributed by atoms with E-state index in [9.17, 15) is 4.79 Å². The van der Waals surface area contributed by atoms with E-state index < -0.39 is 0 Å². The highest BCUT2D eigenvalue weighted by molar-refractivity contribution is 5.80. The van der Waals surface area contributed by atoms with Gasteiger partial charge in [0.05, 0.1) is 13.7 Å². The first-order chi connectivity index (χ1) is 9.95. The van der Waals surface area contributed by atoms with E-state index in [0.717, 1.165) is 30.8 Å². The Labute approximate surface area is 127 Å². The van der Waals surface area contributed by atoms with E-state index in [1.54, 1.807) is 14.0 Å². The van der Waals surface area contributed by atoms with E-state index in [2.05, 4.69) is 13.8 Å². The maximum atomic E-state index is 11.5. The molecule has 0 heterocycles. The Kier molecular flexibility index (Phi) is 5.04. The normalized spacial score (nSPS) is 23.4. The summed E-state index contributed by atoms with van der Waals surface area (Å²) in [5.74, 6) is 2.03. The monoisotopic (exact) mass is 291 g/mol. The molecule has 0 radical (unpaired) electrons. The number of hydrogen-bond acceptors (Lipinski definition) is 3. The van der Waals surface area contributed by atoms with Gasteiger partial charge in [0.15, 0.2) is 0 Å². The Morgan fingerprint density at radius 3 is 2.48 bits per heavy atom. The smallest absolute Gasteiger partial charge is 0.133 e. The van der Waals surface area contributed by atoms with Crippen LogP contribution in [-0.2, 0) is 16.1 Å². The molecule has 1 aromatic rings. The fraction of sp³-hybridized carbons (Fsp3) is 0.611. The van der Waals surface area contributed by atoms with Gasteiger partial charge in [0, 0.05) is 12.5 Å². The number of carbonyl (C=O) groups excluding carboxylic acids is 1. The zero-order valence-corrected chi connectivity index (χ0v) is 13.5. The zero-order chi connectivity index (χ0) is 15.5. The zero-order valence-electron chi connectivity index (χ0n) is 13.5. The van der Waals surface area contributed by atoms with E-state index in [1.165, 1.54) is 0 Å². The number of rotatable bonds is 7. The lowest BCUT2D eigenvalue weighted by Crippen LogP contribution is -2.48. The van der Waals surface area contributed by atoms with E-state index in [0.29, 0.717) is 18.3 Å². The van der Waals surface area contributed by atoms with Gasteiger partial charge in [-0.3, -0.25) is 4.79 Å². The average molecular weight is 291 g/mol. The molecule has 0 N–H and O–H groups in total. The van der Waals surface area contributed by atoms with Crippen LogP contribution in [-0.4, -0.2) is 19.5 Å². The van der Waals surface area contributed by atoms with Crippen molar-refractivity contribution in [2.75, 3.05) is 13.7 Å². The fourth-order valence-corrected chi connectivity index (χ4v) is 3.33. The predicted octanol–water partition coefficient (Wildman–Crippen LogP) is 3.85. The summed E-state index contributed by atoms with van der Waals surface area (Å²) < 4.78 is 10.9. The number of benzene rings is 1. The molecule has 1 aromatic carbocycles. The van der Waals surface area contributed by atoms with E-state index in [-0.39, 0.29) is 11.3 Å². The Balaban J connectivity index is 1.69. The Bertz CT molecular complexity index is 476. The lowest BCUT2D eigenvalue weighted by molar-refractivity contribution is -0.137. The minimum absolute atomic E-state index is 0.134. The van der Waals surface area contributed by atoms with Gasteiger partial charge >= 0.3 is 0 Å². The maximum Gasteiger partial charge on any atom is 0.133 e. The predicted molar refractivity (Wildman–Crippen MR) is 83.3 cm³/mol. The van der Waals surface area contributed by atoms with Crippen LogP contribution in [0, 0.1) is 17.3 Å². The third-order valence-corrected chi connectivity index (χ3v) is 5.00. The van der Waals surface area contributed by atoms with Crippen LogP contribution in [0.3, 0.4) is 0 Å². The highest BCUT2D eigenvalue weighted by Gasteiger charge is 2.49. The van der Waals surface area contributed by atoms with Gasteiger partial charge < -0.3 is 9.47 Å². The molecule has 1 aliphatic rings. The second-order valence-electron chi connectivity index (χ2n) is 6.61. The lowest BCUT2D eigenvalue weighted by atomic mass is 9.53. The van der Waals surface area contributed by atoms with E-state index in [1.807, 2.05) is 24.3 Å². The van der Waals surface area contributed by atoms with Gasteiger partial charge in [0.25, 0.3) is 0 Å². The summed E-state index contributed by atoms with van der Waals surface area (Å²) in [6.07, 6.45) is 2.06. The van der Waals surface area contributed by atoms with Crippen molar-refractivity contribution in [1.29, 1.82) is 0 Å². The van der Waals surface area contributed by atoms with E-state index in [4.69, 9.17) is 9.47 Å². The summed E-state index contributed by atoms with van der Waals surface area (Å²) in [7, 11) is 1.67. The summed E-state index contributed by atoms with van der Waals surface area (Å²) in [5, 5.41) is 0. The summed E-state index contributed by atoms with van der Waals surface area (Å²) >= 11 is 0. The first-order valence-electron chi connectivity index (χ1n) is 7.66. The molecule has 0 unspecified atom stereocenters. The van der Waals surface area contributed by atoms with Crippen LogP contribution in [0.4, 0.5) is 0 Å². The molecule has 0 spiro atoms. The third kappa shape index (κ3) is 3.65.